The molecule has 1 aromatic carbocycles. The van der Waals surface area contributed by atoms with Crippen molar-refractivity contribution in [3.63, 3.8) is 0 Å². The van der Waals surface area contributed by atoms with Crippen LogP contribution >= 0.6 is 0 Å². The molecule has 0 aliphatic heterocycles. The van der Waals surface area contributed by atoms with Gasteiger partial charge in [0, 0.05) is 0 Å². The summed E-state index contributed by atoms with van der Waals surface area (Å²) in [7, 11) is 1.54. The molecule has 0 aliphatic rings. The number of methoxy groups -OCH3 is 1. The summed E-state index contributed by atoms with van der Waals surface area (Å²) in [5.74, 6) is 0.213. The van der Waals surface area contributed by atoms with Crippen molar-refractivity contribution in [3.05, 3.63) is 23.3 Å². The van der Waals surface area contributed by atoms with Crippen LogP contribution in [-0.4, -0.2) is 19.7 Å². The number of anilines is 1. The molecule has 0 bridgehead atoms. The van der Waals surface area contributed by atoms with Crippen molar-refractivity contribution in [3.8, 4) is 5.75 Å². The summed E-state index contributed by atoms with van der Waals surface area (Å²) in [5.41, 5.74) is 7.44. The van der Waals surface area contributed by atoms with E-state index < -0.39 is 0 Å². The first-order valence-electron chi connectivity index (χ1n) is 4.72. The minimum Gasteiger partial charge on any atom is -0.495 e. The number of rotatable bonds is 3. The Morgan fingerprint density at radius 1 is 1.47 bits per heavy atom. The fraction of sp³-hybridized carbons (Fsp3) is 0.364. The highest BCUT2D eigenvalue weighted by Crippen LogP contribution is 2.27. The number of carbonyl (C=O) groups excluding carboxylic acids is 1. The third-order valence-corrected chi connectivity index (χ3v) is 2.19. The summed E-state index contributed by atoms with van der Waals surface area (Å²) in [6.07, 6.45) is 0. The first kappa shape index (κ1) is 11.4. The predicted molar refractivity (Wildman–Crippen MR) is 58.1 cm³/mol. The summed E-state index contributed by atoms with van der Waals surface area (Å²) in [4.78, 5) is 11.5. The SMILES string of the molecule is CCOC(=O)c1ccc(OC)c(N)c1C. The van der Waals surface area contributed by atoms with E-state index in [9.17, 15) is 4.79 Å². The summed E-state index contributed by atoms with van der Waals surface area (Å²) < 4.78 is 9.95. The van der Waals surface area contributed by atoms with Gasteiger partial charge in [-0.15, -0.1) is 0 Å². The van der Waals surface area contributed by atoms with Crippen LogP contribution in [0.4, 0.5) is 5.69 Å². The van der Waals surface area contributed by atoms with Gasteiger partial charge in [-0.05, 0) is 31.5 Å². The van der Waals surface area contributed by atoms with Gasteiger partial charge in [-0.25, -0.2) is 4.79 Å². The van der Waals surface area contributed by atoms with Gasteiger partial charge in [-0.2, -0.15) is 0 Å². The lowest BCUT2D eigenvalue weighted by molar-refractivity contribution is 0.0525. The van der Waals surface area contributed by atoms with Crippen LogP contribution in [0, 0.1) is 6.92 Å². The largest absolute Gasteiger partial charge is 0.495 e. The maximum absolute atomic E-state index is 11.5. The molecule has 2 N–H and O–H groups in total. The Kier molecular flexibility index (Phi) is 3.55. The zero-order valence-corrected chi connectivity index (χ0v) is 9.16. The monoisotopic (exact) mass is 209 g/mol. The number of hydrogen-bond acceptors (Lipinski definition) is 4. The maximum Gasteiger partial charge on any atom is 0.338 e. The normalized spacial score (nSPS) is 9.80. The van der Waals surface area contributed by atoms with Gasteiger partial charge in [0.25, 0.3) is 0 Å². The van der Waals surface area contributed by atoms with E-state index >= 15 is 0 Å². The third-order valence-electron chi connectivity index (χ3n) is 2.19. The molecule has 0 spiro atoms. The summed E-state index contributed by atoms with van der Waals surface area (Å²) >= 11 is 0. The molecular weight excluding hydrogens is 194 g/mol. The van der Waals surface area contributed by atoms with Crippen molar-refractivity contribution < 1.29 is 14.3 Å². The van der Waals surface area contributed by atoms with Crippen LogP contribution in [0.5, 0.6) is 5.75 Å². The number of carbonyl (C=O) groups is 1. The van der Waals surface area contributed by atoms with E-state index in [0.29, 0.717) is 29.2 Å². The molecule has 0 saturated carbocycles. The molecule has 0 radical (unpaired) electrons. The lowest BCUT2D eigenvalue weighted by Gasteiger charge is -2.11. The molecule has 0 aliphatic carbocycles. The summed E-state index contributed by atoms with van der Waals surface area (Å²) in [6, 6.07) is 3.32. The average Bonchev–Trinajstić information content (AvgIpc) is 2.22. The quantitative estimate of drug-likeness (QED) is 0.608. The van der Waals surface area contributed by atoms with Crippen molar-refractivity contribution in [2.75, 3.05) is 19.5 Å². The standard InChI is InChI=1S/C11H15NO3/c1-4-15-11(13)8-5-6-9(14-3)10(12)7(8)2/h5-6H,4,12H2,1-3H3. The van der Waals surface area contributed by atoms with Crippen LogP contribution < -0.4 is 10.5 Å². The number of ether oxygens (including phenoxy) is 2. The molecule has 0 unspecified atom stereocenters. The summed E-state index contributed by atoms with van der Waals surface area (Å²) in [5, 5.41) is 0. The molecule has 82 valence electrons. The van der Waals surface area contributed by atoms with E-state index in [-0.39, 0.29) is 5.97 Å². The van der Waals surface area contributed by atoms with E-state index in [1.54, 1.807) is 26.0 Å². The lowest BCUT2D eigenvalue weighted by atomic mass is 10.1. The molecule has 15 heavy (non-hydrogen) atoms. The van der Waals surface area contributed by atoms with Crippen LogP contribution in [0.25, 0.3) is 0 Å². The highest BCUT2D eigenvalue weighted by molar-refractivity contribution is 5.93. The number of esters is 1. The van der Waals surface area contributed by atoms with Gasteiger partial charge in [-0.1, -0.05) is 0 Å². The molecule has 4 heteroatoms. The van der Waals surface area contributed by atoms with Gasteiger partial charge in [0.05, 0.1) is 25.0 Å². The fourth-order valence-corrected chi connectivity index (χ4v) is 1.31. The zero-order chi connectivity index (χ0) is 11.4. The van der Waals surface area contributed by atoms with Crippen LogP contribution in [0.15, 0.2) is 12.1 Å². The third kappa shape index (κ3) is 2.21. The maximum atomic E-state index is 11.5. The van der Waals surface area contributed by atoms with Gasteiger partial charge < -0.3 is 15.2 Å². The van der Waals surface area contributed by atoms with Crippen molar-refractivity contribution in [1.29, 1.82) is 0 Å². The second-order valence-corrected chi connectivity index (χ2v) is 3.07. The second-order valence-electron chi connectivity index (χ2n) is 3.07. The smallest absolute Gasteiger partial charge is 0.338 e. The summed E-state index contributed by atoms with van der Waals surface area (Å²) in [6.45, 7) is 3.88. The molecule has 0 aromatic heterocycles. The van der Waals surface area contributed by atoms with Gasteiger partial charge in [-0.3, -0.25) is 0 Å². The van der Waals surface area contributed by atoms with Gasteiger partial charge in [0.2, 0.25) is 0 Å². The minimum atomic E-state index is -0.357. The van der Waals surface area contributed by atoms with Crippen LogP contribution in [0.2, 0.25) is 0 Å². The number of nitrogen functional groups attached to an aromatic ring is 1. The first-order chi connectivity index (χ1) is 7.11. The Morgan fingerprint density at radius 2 is 2.13 bits per heavy atom. The van der Waals surface area contributed by atoms with Crippen LogP contribution in [-0.2, 0) is 4.74 Å². The van der Waals surface area contributed by atoms with Crippen LogP contribution in [0.3, 0.4) is 0 Å². The fourth-order valence-electron chi connectivity index (χ4n) is 1.31. The first-order valence-corrected chi connectivity index (χ1v) is 4.72. The van der Waals surface area contributed by atoms with E-state index in [1.807, 2.05) is 0 Å². The highest BCUT2D eigenvalue weighted by Gasteiger charge is 2.14. The molecule has 0 amide bonds. The minimum absolute atomic E-state index is 0.351. The Morgan fingerprint density at radius 3 is 2.67 bits per heavy atom. The average molecular weight is 209 g/mol. The van der Waals surface area contributed by atoms with E-state index in [0.717, 1.165) is 0 Å². The number of nitrogens with two attached hydrogens (primary N) is 1. The Balaban J connectivity index is 3.11. The van der Waals surface area contributed by atoms with E-state index in [4.69, 9.17) is 15.2 Å². The van der Waals surface area contributed by atoms with Crippen LogP contribution in [0.1, 0.15) is 22.8 Å². The van der Waals surface area contributed by atoms with E-state index in [1.165, 1.54) is 7.11 Å². The predicted octanol–water partition coefficient (Wildman–Crippen LogP) is 1.76. The van der Waals surface area contributed by atoms with Crippen molar-refractivity contribution in [2.24, 2.45) is 0 Å². The molecule has 0 saturated heterocycles. The molecule has 0 fully saturated rings. The zero-order valence-electron chi connectivity index (χ0n) is 9.16. The Labute approximate surface area is 89.0 Å². The topological polar surface area (TPSA) is 61.5 Å². The molecule has 1 aromatic rings. The Hall–Kier alpha value is -1.71. The van der Waals surface area contributed by atoms with Crippen molar-refractivity contribution in [2.45, 2.75) is 13.8 Å². The highest BCUT2D eigenvalue weighted by atomic mass is 16.5. The Bertz CT molecular complexity index is 374. The second kappa shape index (κ2) is 4.68. The lowest BCUT2D eigenvalue weighted by Crippen LogP contribution is -2.08. The van der Waals surface area contributed by atoms with Crippen molar-refractivity contribution in [1.82, 2.24) is 0 Å². The molecule has 1 rings (SSSR count). The molecule has 0 heterocycles. The molecular formula is C11H15NO3. The van der Waals surface area contributed by atoms with E-state index in [2.05, 4.69) is 0 Å². The number of benzene rings is 1. The van der Waals surface area contributed by atoms with Gasteiger partial charge in [0.15, 0.2) is 0 Å². The molecule has 0 atom stereocenters. The van der Waals surface area contributed by atoms with Gasteiger partial charge >= 0.3 is 5.97 Å². The van der Waals surface area contributed by atoms with Gasteiger partial charge in [0.1, 0.15) is 5.75 Å². The molecule has 4 nitrogen and oxygen atoms in total. The number of hydrogen-bond donors (Lipinski definition) is 1. The van der Waals surface area contributed by atoms with Crippen molar-refractivity contribution >= 4 is 11.7 Å².